The van der Waals surface area contributed by atoms with Gasteiger partial charge in [-0.25, -0.2) is 0 Å². The molecule has 0 fully saturated rings. The van der Waals surface area contributed by atoms with Gasteiger partial charge in [0.1, 0.15) is 32.3 Å². The monoisotopic (exact) mass is 1860 g/mol. The van der Waals surface area contributed by atoms with Crippen molar-refractivity contribution in [2.24, 2.45) is 0 Å². The van der Waals surface area contributed by atoms with E-state index in [1.165, 1.54) is 202 Å². The zero-order chi connectivity index (χ0) is 98.5. The molecule has 5 aromatic rings. The van der Waals surface area contributed by atoms with Crippen LogP contribution in [0.15, 0.2) is 84.9 Å². The van der Waals surface area contributed by atoms with Crippen molar-refractivity contribution in [3.8, 4) is 141 Å². The van der Waals surface area contributed by atoms with Crippen molar-refractivity contribution in [1.29, 1.82) is 0 Å². The maximum absolute atomic E-state index is 4.07. The summed E-state index contributed by atoms with van der Waals surface area (Å²) in [4.78, 5) is 0. The molecule has 0 bridgehead atoms. The van der Waals surface area contributed by atoms with Crippen LogP contribution < -0.4 is 0 Å². The van der Waals surface area contributed by atoms with Crippen LogP contribution in [0.1, 0.15) is 488 Å². The summed E-state index contributed by atoms with van der Waals surface area (Å²) in [7, 11) is -8.42. The van der Waals surface area contributed by atoms with Crippen LogP contribution in [0.2, 0.25) is 66.5 Å². The summed E-state index contributed by atoms with van der Waals surface area (Å²) in [5.74, 6) is 71.0. The molecule has 5 rings (SSSR count). The fourth-order valence-corrected chi connectivity index (χ4v) is 42.8. The number of hydrogen-bond donors (Lipinski definition) is 0. The average molecular weight is 1860 g/mol. The van der Waals surface area contributed by atoms with Crippen molar-refractivity contribution in [2.75, 3.05) is 0 Å². The Morgan fingerprint density at radius 1 is 0.157 bits per heavy atom. The van der Waals surface area contributed by atoms with Crippen molar-refractivity contribution in [3.63, 3.8) is 0 Å². The predicted molar refractivity (Wildman–Crippen MR) is 604 cm³/mol. The lowest BCUT2D eigenvalue weighted by Crippen LogP contribution is -2.43. The van der Waals surface area contributed by atoms with E-state index in [4.69, 9.17) is 0 Å². The van der Waals surface area contributed by atoms with Crippen LogP contribution in [-0.4, -0.2) is 32.3 Å². The first-order valence-electron chi connectivity index (χ1n) is 54.2. The van der Waals surface area contributed by atoms with E-state index < -0.39 is 32.3 Å². The van der Waals surface area contributed by atoms with Crippen LogP contribution in [0, 0.1) is 141 Å². The van der Waals surface area contributed by atoms with Gasteiger partial charge in [-0.3, -0.25) is 0 Å². The van der Waals surface area contributed by atoms with E-state index in [-0.39, 0.29) is 0 Å². The van der Waals surface area contributed by atoms with Gasteiger partial charge in [0.25, 0.3) is 0 Å². The number of benzene rings is 5. The minimum atomic E-state index is -2.11. The lowest BCUT2D eigenvalue weighted by Gasteiger charge is -2.38. The molecule has 0 aliphatic heterocycles. The molecule has 0 N–H and O–H groups in total. The van der Waals surface area contributed by atoms with Crippen LogP contribution in [-0.2, 0) is 25.7 Å². The Morgan fingerprint density at radius 3 is 0.440 bits per heavy atom. The second kappa shape index (κ2) is 63.2. The van der Waals surface area contributed by atoms with E-state index in [2.05, 4.69) is 407 Å². The predicted octanol–water partition coefficient (Wildman–Crippen LogP) is 36.3. The molecule has 0 heterocycles. The number of rotatable bonds is 48. The first-order chi connectivity index (χ1) is 64.3. The molecule has 0 radical (unpaired) electrons. The van der Waals surface area contributed by atoms with Crippen LogP contribution >= 0.6 is 0 Å². The Morgan fingerprint density at radius 2 is 0.291 bits per heavy atom. The van der Waals surface area contributed by atoms with Gasteiger partial charge < -0.3 is 0 Å². The molecule has 0 amide bonds. The average Bonchev–Trinajstić information content (AvgIpc) is 0.804. The third kappa shape index (κ3) is 37.2. The van der Waals surface area contributed by atoms with Crippen LogP contribution in [0.25, 0.3) is 0 Å². The van der Waals surface area contributed by atoms with Crippen molar-refractivity contribution in [1.82, 2.24) is 0 Å². The Hall–Kier alpha value is -8.31. The summed E-state index contributed by atoms with van der Waals surface area (Å²) in [5, 5.41) is 0. The van der Waals surface area contributed by atoms with E-state index in [0.29, 0.717) is 88.7 Å². The lowest BCUT2D eigenvalue weighted by atomic mass is 9.98. The first kappa shape index (κ1) is 116. The van der Waals surface area contributed by atoms with Gasteiger partial charge in [-0.1, -0.05) is 469 Å². The molecule has 0 spiro atoms. The molecular weight excluding hydrogens is 1670 g/mol. The summed E-state index contributed by atoms with van der Waals surface area (Å²) in [6.07, 6.45) is 45.2. The topological polar surface area (TPSA) is 0 Å². The van der Waals surface area contributed by atoms with E-state index >= 15 is 0 Å². The Balaban J connectivity index is 1.95. The Kier molecular flexibility index (Phi) is 54.8. The lowest BCUT2D eigenvalue weighted by molar-refractivity contribution is 0.575. The standard InChI is InChI=1S/C130H182Si4/c1-29-33-37-41-45-49-53-57-69-115-81-85-119(127(97-115)89-93-131(103(5)6,104(7)8)105(9)10)73-61-65-77-123-101-125(79-67-63-75-121-87-83-117(71-59-55-51-47-43-39-35-31-3)99-129(121)91-95-133(109(17)18,110(19)20)111(21)22)126(80-68-64-76-122-88-84-118(72-60-56-52-48-44-40-36-32-4)100-130(122)92-96-134(112(23)24,113(25)26)114(27)28)102-124(123)78-66-62-74-120-86-82-116(70-58-54-50-46-42-38-34-30-2)98-128(120)90-94-132(106(11)12,107(13)14)108(15)16/h81-88,97-114H,29-60,69-72H2,1-28H3. The highest BCUT2D eigenvalue weighted by Gasteiger charge is 2.45. The van der Waals surface area contributed by atoms with E-state index in [9.17, 15) is 0 Å². The molecule has 5 aromatic carbocycles. The van der Waals surface area contributed by atoms with Gasteiger partial charge in [0.2, 0.25) is 0 Å². The summed E-state index contributed by atoms with van der Waals surface area (Å²) in [5.41, 5.74) is 37.7. The largest absolute Gasteiger partial charge is 0.146 e. The zero-order valence-corrected chi connectivity index (χ0v) is 94.5. The summed E-state index contributed by atoms with van der Waals surface area (Å²) in [6.45, 7) is 66.7. The first-order valence-corrected chi connectivity index (χ1v) is 63.1. The minimum Gasteiger partial charge on any atom is -0.125 e. The molecule has 0 saturated heterocycles. The molecule has 0 aliphatic carbocycles. The third-order valence-corrected chi connectivity index (χ3v) is 54.9. The molecule has 134 heavy (non-hydrogen) atoms. The molecule has 0 unspecified atom stereocenters. The molecule has 718 valence electrons. The fraction of sp³-hybridized carbons (Fsp3) is 0.585. The highest BCUT2D eigenvalue weighted by Crippen LogP contribution is 2.45. The number of unbranched alkanes of at least 4 members (excludes halogenated alkanes) is 28. The summed E-state index contributed by atoms with van der Waals surface area (Å²) >= 11 is 0. The maximum atomic E-state index is 4.07. The zero-order valence-electron chi connectivity index (χ0n) is 90.5. The summed E-state index contributed by atoms with van der Waals surface area (Å²) in [6, 6.07) is 31.3. The molecule has 0 atom stereocenters. The van der Waals surface area contributed by atoms with Gasteiger partial charge in [0.15, 0.2) is 0 Å². The van der Waals surface area contributed by atoms with Gasteiger partial charge in [0, 0.05) is 66.8 Å². The molecule has 0 aliphatic rings. The van der Waals surface area contributed by atoms with Crippen LogP contribution in [0.4, 0.5) is 0 Å². The second-order valence-corrected chi connectivity index (χ2v) is 65.3. The molecule has 0 nitrogen and oxygen atoms in total. The quantitative estimate of drug-likeness (QED) is 0.0207. The fourth-order valence-electron chi connectivity index (χ4n) is 21.9. The smallest absolute Gasteiger partial charge is 0.125 e. The summed E-state index contributed by atoms with van der Waals surface area (Å²) < 4.78 is 0. The van der Waals surface area contributed by atoms with E-state index in [1.807, 2.05) is 12.1 Å². The third-order valence-electron chi connectivity index (χ3n) is 29.7. The van der Waals surface area contributed by atoms with Crippen molar-refractivity contribution >= 4 is 32.3 Å². The molecule has 0 aromatic heterocycles. The van der Waals surface area contributed by atoms with Gasteiger partial charge in [-0.05, 0) is 248 Å². The molecular formula is C130H182Si4. The van der Waals surface area contributed by atoms with Crippen molar-refractivity contribution < 1.29 is 0 Å². The SMILES string of the molecule is CCCCCCCCCCc1ccc(C#CC#Cc2cc(C#CC#Cc3ccc(CCCCCCCCCC)cc3C#C[Si](C(C)C)(C(C)C)C(C)C)c(C#CC#Cc3ccc(CCCCCCCCCC)cc3C#C[Si](C(C)C)(C(C)C)C(C)C)cc2C#CC#Cc2ccc(CCCCCCCCCC)cc2C#C[Si](C(C)C)(C(C)C)C(C)C)c(C#C[Si](C(C)C)(C(C)C)C(C)C)c1. The van der Waals surface area contributed by atoms with Crippen LogP contribution in [0.5, 0.6) is 0 Å². The Labute approximate surface area is 832 Å². The minimum absolute atomic E-state index is 0.493. The normalized spacial score (nSPS) is 11.4. The number of hydrogen-bond acceptors (Lipinski definition) is 0. The second-order valence-electron chi connectivity index (χ2n) is 43.0. The molecule has 4 heteroatoms. The highest BCUT2D eigenvalue weighted by molar-refractivity contribution is 6.92. The van der Waals surface area contributed by atoms with Gasteiger partial charge in [-0.15, -0.1) is 22.2 Å². The van der Waals surface area contributed by atoms with Gasteiger partial charge >= 0.3 is 0 Å². The van der Waals surface area contributed by atoms with E-state index in [0.717, 1.165) is 95.9 Å². The van der Waals surface area contributed by atoms with Crippen LogP contribution in [0.3, 0.4) is 0 Å². The van der Waals surface area contributed by atoms with Crippen molar-refractivity contribution in [3.05, 3.63) is 174 Å². The highest BCUT2D eigenvalue weighted by atomic mass is 28.3. The Bertz CT molecular complexity index is 4520. The molecule has 0 saturated carbocycles. The van der Waals surface area contributed by atoms with Crippen molar-refractivity contribution in [2.45, 2.75) is 492 Å². The number of aryl methyl sites for hydroxylation is 4. The van der Waals surface area contributed by atoms with Gasteiger partial charge in [0.05, 0.1) is 0 Å². The van der Waals surface area contributed by atoms with Gasteiger partial charge in [-0.2, -0.15) is 0 Å². The maximum Gasteiger partial charge on any atom is 0.146 e. The van der Waals surface area contributed by atoms with E-state index in [1.54, 1.807) is 0 Å².